The highest BCUT2D eigenvalue weighted by Gasteiger charge is 2.26. The van der Waals surface area contributed by atoms with Gasteiger partial charge in [0.2, 0.25) is 0 Å². The minimum Gasteiger partial charge on any atom is -0.391 e. The zero-order valence-electron chi connectivity index (χ0n) is 7.30. The molecule has 0 heterocycles. The van der Waals surface area contributed by atoms with Gasteiger partial charge < -0.3 is 15.7 Å². The van der Waals surface area contributed by atoms with Gasteiger partial charge in [-0.05, 0) is 33.4 Å². The molecule has 0 aromatic heterocycles. The third-order valence-corrected chi connectivity index (χ3v) is 2.60. The second-order valence-corrected chi connectivity index (χ2v) is 3.26. The zero-order valence-corrected chi connectivity index (χ0v) is 7.30. The summed E-state index contributed by atoms with van der Waals surface area (Å²) >= 11 is 0. The number of rotatable bonds is 2. The van der Waals surface area contributed by atoms with Crippen molar-refractivity contribution in [2.45, 2.75) is 37.5 Å². The van der Waals surface area contributed by atoms with E-state index in [1.54, 1.807) is 0 Å². The van der Waals surface area contributed by atoms with E-state index >= 15 is 0 Å². The van der Waals surface area contributed by atoms with Crippen molar-refractivity contribution < 1.29 is 5.11 Å². The molecular formula is C8H18N2O. The second kappa shape index (κ2) is 4.04. The minimum absolute atomic E-state index is 0.175. The topological polar surface area (TPSA) is 44.3 Å². The van der Waals surface area contributed by atoms with Crippen LogP contribution in [0.15, 0.2) is 0 Å². The Morgan fingerprint density at radius 3 is 2.36 bits per heavy atom. The Labute approximate surface area is 68.2 Å². The molecule has 3 nitrogen and oxygen atoms in total. The van der Waals surface area contributed by atoms with Crippen LogP contribution >= 0.6 is 0 Å². The molecule has 1 saturated carbocycles. The van der Waals surface area contributed by atoms with Crippen molar-refractivity contribution in [2.24, 2.45) is 0 Å². The summed E-state index contributed by atoms with van der Waals surface area (Å²) in [6.07, 6.45) is 2.94. The highest BCUT2D eigenvalue weighted by atomic mass is 16.3. The Kier molecular flexibility index (Phi) is 3.30. The third kappa shape index (κ3) is 2.15. The van der Waals surface area contributed by atoms with Crippen molar-refractivity contribution in [1.29, 1.82) is 0 Å². The van der Waals surface area contributed by atoms with Crippen molar-refractivity contribution in [3.8, 4) is 0 Å². The van der Waals surface area contributed by atoms with Gasteiger partial charge in [0.1, 0.15) is 0 Å². The molecule has 3 heteroatoms. The Balaban J connectivity index is 2.34. The average Bonchev–Trinajstić information content (AvgIpc) is 2.04. The Morgan fingerprint density at radius 2 is 1.91 bits per heavy atom. The first kappa shape index (κ1) is 8.97. The number of nitrogens with one attached hydrogen (secondary N) is 2. The number of aliphatic hydroxyl groups is 1. The molecule has 1 rings (SSSR count). The van der Waals surface area contributed by atoms with Crippen molar-refractivity contribution in [2.75, 3.05) is 14.1 Å². The van der Waals surface area contributed by atoms with Crippen LogP contribution in [0.4, 0.5) is 0 Å². The zero-order chi connectivity index (χ0) is 8.27. The lowest BCUT2D eigenvalue weighted by Gasteiger charge is -2.32. The molecule has 3 atom stereocenters. The maximum Gasteiger partial charge on any atom is 0.0707 e. The Morgan fingerprint density at radius 1 is 1.18 bits per heavy atom. The molecule has 0 aliphatic heterocycles. The average molecular weight is 158 g/mol. The van der Waals surface area contributed by atoms with Crippen LogP contribution < -0.4 is 10.6 Å². The monoisotopic (exact) mass is 158 g/mol. The van der Waals surface area contributed by atoms with E-state index < -0.39 is 0 Å². The molecule has 0 aromatic carbocycles. The standard InChI is InChI=1S/C8H18N2O/c1-9-6-3-4-7(10-2)8(11)5-6/h6-11H,3-5H2,1-2H3/t6-,7-,8+/m1/s1. The van der Waals surface area contributed by atoms with E-state index in [1.807, 2.05) is 14.1 Å². The van der Waals surface area contributed by atoms with Crippen molar-refractivity contribution in [3.05, 3.63) is 0 Å². The third-order valence-electron chi connectivity index (χ3n) is 2.60. The van der Waals surface area contributed by atoms with Crippen molar-refractivity contribution in [3.63, 3.8) is 0 Å². The maximum atomic E-state index is 9.57. The summed E-state index contributed by atoms with van der Waals surface area (Å²) in [5.74, 6) is 0. The van der Waals surface area contributed by atoms with Crippen LogP contribution in [0.25, 0.3) is 0 Å². The molecule has 0 aromatic rings. The lowest BCUT2D eigenvalue weighted by molar-refractivity contribution is 0.0804. The van der Waals surface area contributed by atoms with E-state index in [-0.39, 0.29) is 6.10 Å². The van der Waals surface area contributed by atoms with Gasteiger partial charge in [-0.2, -0.15) is 0 Å². The predicted octanol–water partition coefficient (Wildman–Crippen LogP) is -0.293. The molecule has 0 radical (unpaired) electrons. The molecule has 0 saturated heterocycles. The van der Waals surface area contributed by atoms with Gasteiger partial charge >= 0.3 is 0 Å². The second-order valence-electron chi connectivity index (χ2n) is 3.26. The number of hydrogen-bond acceptors (Lipinski definition) is 3. The normalized spacial score (nSPS) is 39.0. The maximum absolute atomic E-state index is 9.57. The molecule has 1 aliphatic carbocycles. The van der Waals surface area contributed by atoms with E-state index in [1.165, 1.54) is 6.42 Å². The fourth-order valence-electron chi connectivity index (χ4n) is 1.75. The van der Waals surface area contributed by atoms with Gasteiger partial charge in [-0.15, -0.1) is 0 Å². The van der Waals surface area contributed by atoms with Crippen LogP contribution in [0.1, 0.15) is 19.3 Å². The quantitative estimate of drug-likeness (QED) is 0.517. The van der Waals surface area contributed by atoms with Gasteiger partial charge in [-0.1, -0.05) is 0 Å². The van der Waals surface area contributed by atoms with Gasteiger partial charge in [-0.3, -0.25) is 0 Å². The van der Waals surface area contributed by atoms with Gasteiger partial charge in [0.25, 0.3) is 0 Å². The van der Waals surface area contributed by atoms with Crippen LogP contribution in [0.3, 0.4) is 0 Å². The van der Waals surface area contributed by atoms with E-state index in [0.29, 0.717) is 12.1 Å². The lowest BCUT2D eigenvalue weighted by Crippen LogP contribution is -2.46. The number of likely N-dealkylation sites (N-methyl/N-ethyl adjacent to an activating group) is 1. The molecule has 1 fully saturated rings. The SMILES string of the molecule is CN[C@@H]1CC[C@@H](NC)[C@@H](O)C1. The molecule has 66 valence electrons. The summed E-state index contributed by atoms with van der Waals surface area (Å²) < 4.78 is 0. The van der Waals surface area contributed by atoms with Crippen LogP contribution in [0.2, 0.25) is 0 Å². The fraction of sp³-hybridized carbons (Fsp3) is 1.00. The summed E-state index contributed by atoms with van der Waals surface area (Å²) in [7, 11) is 3.87. The van der Waals surface area contributed by atoms with Gasteiger partial charge in [0, 0.05) is 12.1 Å². The highest BCUT2D eigenvalue weighted by molar-refractivity contribution is 4.86. The summed E-state index contributed by atoms with van der Waals surface area (Å²) in [5.41, 5.74) is 0. The molecule has 3 N–H and O–H groups in total. The Hall–Kier alpha value is -0.120. The van der Waals surface area contributed by atoms with Crippen LogP contribution in [-0.4, -0.2) is 37.4 Å². The van der Waals surface area contributed by atoms with E-state index in [9.17, 15) is 5.11 Å². The largest absolute Gasteiger partial charge is 0.391 e. The van der Waals surface area contributed by atoms with Gasteiger partial charge in [0.15, 0.2) is 0 Å². The Bertz CT molecular complexity index is 119. The minimum atomic E-state index is -0.175. The van der Waals surface area contributed by atoms with E-state index in [0.717, 1.165) is 12.8 Å². The van der Waals surface area contributed by atoms with Gasteiger partial charge in [-0.25, -0.2) is 0 Å². The molecule has 0 unspecified atom stereocenters. The summed E-state index contributed by atoms with van der Waals surface area (Å²) in [6, 6.07) is 0.814. The van der Waals surface area contributed by atoms with Crippen LogP contribution in [0.5, 0.6) is 0 Å². The fourth-order valence-corrected chi connectivity index (χ4v) is 1.75. The molecular weight excluding hydrogens is 140 g/mol. The van der Waals surface area contributed by atoms with Crippen LogP contribution in [0, 0.1) is 0 Å². The number of hydrogen-bond donors (Lipinski definition) is 3. The van der Waals surface area contributed by atoms with E-state index in [4.69, 9.17) is 0 Å². The number of aliphatic hydroxyl groups excluding tert-OH is 1. The molecule has 0 bridgehead atoms. The van der Waals surface area contributed by atoms with Gasteiger partial charge in [0.05, 0.1) is 6.10 Å². The van der Waals surface area contributed by atoms with Crippen molar-refractivity contribution in [1.82, 2.24) is 10.6 Å². The summed E-state index contributed by atoms with van der Waals surface area (Å²) in [5, 5.41) is 15.9. The lowest BCUT2D eigenvalue weighted by atomic mass is 9.89. The summed E-state index contributed by atoms with van der Waals surface area (Å²) in [4.78, 5) is 0. The smallest absolute Gasteiger partial charge is 0.0707 e. The van der Waals surface area contributed by atoms with E-state index in [2.05, 4.69) is 10.6 Å². The predicted molar refractivity (Wildman–Crippen MR) is 45.6 cm³/mol. The molecule has 1 aliphatic rings. The first-order chi connectivity index (χ1) is 5.27. The highest BCUT2D eigenvalue weighted by Crippen LogP contribution is 2.18. The summed E-state index contributed by atoms with van der Waals surface area (Å²) in [6.45, 7) is 0. The first-order valence-corrected chi connectivity index (χ1v) is 4.30. The molecule has 0 spiro atoms. The van der Waals surface area contributed by atoms with Crippen molar-refractivity contribution >= 4 is 0 Å². The first-order valence-electron chi connectivity index (χ1n) is 4.30. The molecule has 0 amide bonds. The van der Waals surface area contributed by atoms with Crippen LogP contribution in [-0.2, 0) is 0 Å². The molecule has 11 heavy (non-hydrogen) atoms.